The highest BCUT2D eigenvalue weighted by molar-refractivity contribution is 6.13. The molecular formula is C18H13N2+. The SMILES string of the molecule is c1ccc2c(c1)[NH2+]c1c-2ccc2c1[nH]c1ccccc12. The molecule has 2 nitrogen and oxygen atoms in total. The van der Waals surface area contributed by atoms with Crippen molar-refractivity contribution in [2.24, 2.45) is 0 Å². The first-order valence-electron chi connectivity index (χ1n) is 6.89. The second-order valence-electron chi connectivity index (χ2n) is 5.35. The van der Waals surface area contributed by atoms with E-state index in [1.807, 2.05) is 0 Å². The summed E-state index contributed by atoms with van der Waals surface area (Å²) < 4.78 is 0. The molecule has 0 amide bonds. The molecule has 94 valence electrons. The van der Waals surface area contributed by atoms with Crippen LogP contribution in [0.4, 0.5) is 11.4 Å². The van der Waals surface area contributed by atoms with Gasteiger partial charge in [0, 0.05) is 27.9 Å². The summed E-state index contributed by atoms with van der Waals surface area (Å²) in [5, 5.41) is 4.90. The van der Waals surface area contributed by atoms with Crippen LogP contribution in [0.2, 0.25) is 0 Å². The molecule has 5 rings (SSSR count). The van der Waals surface area contributed by atoms with Gasteiger partial charge in [-0.2, -0.15) is 0 Å². The van der Waals surface area contributed by atoms with Gasteiger partial charge in [-0.15, -0.1) is 0 Å². The molecule has 0 spiro atoms. The third-order valence-electron chi connectivity index (χ3n) is 4.27. The number of H-pyrrole nitrogens is 1. The Balaban J connectivity index is 1.93. The van der Waals surface area contributed by atoms with Gasteiger partial charge in [-0.25, -0.2) is 0 Å². The van der Waals surface area contributed by atoms with Gasteiger partial charge in [0.25, 0.3) is 0 Å². The minimum absolute atomic E-state index is 1.21. The molecule has 0 saturated carbocycles. The summed E-state index contributed by atoms with van der Waals surface area (Å²) in [7, 11) is 0. The van der Waals surface area contributed by atoms with Crippen molar-refractivity contribution < 1.29 is 5.32 Å². The average molecular weight is 257 g/mol. The van der Waals surface area contributed by atoms with Crippen LogP contribution in [0.25, 0.3) is 32.9 Å². The van der Waals surface area contributed by atoms with Gasteiger partial charge in [-0.3, -0.25) is 5.32 Å². The highest BCUT2D eigenvalue weighted by Crippen LogP contribution is 2.40. The number of rotatable bonds is 0. The van der Waals surface area contributed by atoms with Crippen molar-refractivity contribution in [3.63, 3.8) is 0 Å². The molecule has 1 aliphatic heterocycles. The molecule has 0 bridgehead atoms. The Morgan fingerprint density at radius 3 is 2.55 bits per heavy atom. The lowest BCUT2D eigenvalue weighted by atomic mass is 10.0. The molecular weight excluding hydrogens is 244 g/mol. The molecule has 0 saturated heterocycles. The van der Waals surface area contributed by atoms with E-state index < -0.39 is 0 Å². The maximum absolute atomic E-state index is 3.58. The summed E-state index contributed by atoms with van der Waals surface area (Å²) in [5.74, 6) is 0. The Bertz CT molecular complexity index is 979. The van der Waals surface area contributed by atoms with Gasteiger partial charge in [-0.05, 0) is 18.2 Å². The van der Waals surface area contributed by atoms with E-state index in [4.69, 9.17) is 0 Å². The largest absolute Gasteiger partial charge is 0.350 e. The number of hydrogen-bond acceptors (Lipinski definition) is 0. The van der Waals surface area contributed by atoms with E-state index >= 15 is 0 Å². The standard InChI is InChI=1S/C18H12N2/c1-3-7-15-11(5-1)13-9-10-14-12-6-2-4-8-16(12)20-18(14)17(13)19-15/h1-10,19-20H/p+1. The second-order valence-corrected chi connectivity index (χ2v) is 5.35. The van der Waals surface area contributed by atoms with Gasteiger partial charge in [0.05, 0.1) is 5.56 Å². The molecule has 2 heteroatoms. The monoisotopic (exact) mass is 257 g/mol. The van der Waals surface area contributed by atoms with Crippen LogP contribution in [0.1, 0.15) is 0 Å². The summed E-state index contributed by atoms with van der Waals surface area (Å²) in [6.07, 6.45) is 0. The van der Waals surface area contributed by atoms with E-state index in [2.05, 4.69) is 71.0 Å². The zero-order chi connectivity index (χ0) is 13.1. The highest BCUT2D eigenvalue weighted by Gasteiger charge is 2.26. The van der Waals surface area contributed by atoms with E-state index in [0.717, 1.165) is 0 Å². The highest BCUT2D eigenvalue weighted by atomic mass is 14.9. The van der Waals surface area contributed by atoms with E-state index in [9.17, 15) is 0 Å². The summed E-state index contributed by atoms with van der Waals surface area (Å²) in [5.41, 5.74) is 7.76. The summed E-state index contributed by atoms with van der Waals surface area (Å²) >= 11 is 0. The summed E-state index contributed by atoms with van der Waals surface area (Å²) in [6, 6.07) is 21.6. The molecule has 0 unspecified atom stereocenters. The molecule has 0 fully saturated rings. The molecule has 1 aromatic heterocycles. The first-order valence-corrected chi connectivity index (χ1v) is 6.89. The molecule has 0 atom stereocenters. The first kappa shape index (κ1) is 10.2. The topological polar surface area (TPSA) is 32.4 Å². The van der Waals surface area contributed by atoms with Crippen LogP contribution in [0.5, 0.6) is 0 Å². The van der Waals surface area contributed by atoms with Crippen LogP contribution in [0.15, 0.2) is 60.7 Å². The van der Waals surface area contributed by atoms with Crippen LogP contribution >= 0.6 is 0 Å². The average Bonchev–Trinajstić information content (AvgIpc) is 3.05. The Labute approximate surface area is 116 Å². The number of quaternary nitrogens is 1. The number of nitrogens with two attached hydrogens (primary N) is 1. The summed E-state index contributed by atoms with van der Waals surface area (Å²) in [4.78, 5) is 3.58. The van der Waals surface area contributed by atoms with Crippen LogP contribution in [-0.2, 0) is 0 Å². The number of aromatic nitrogens is 1. The molecule has 0 aliphatic carbocycles. The first-order chi connectivity index (χ1) is 9.92. The Kier molecular flexibility index (Phi) is 1.79. The molecule has 2 heterocycles. The zero-order valence-corrected chi connectivity index (χ0v) is 10.9. The molecule has 1 aliphatic rings. The summed E-state index contributed by atoms with van der Waals surface area (Å²) in [6.45, 7) is 0. The maximum atomic E-state index is 3.58. The minimum atomic E-state index is 1.21. The van der Waals surface area contributed by atoms with Crippen molar-refractivity contribution in [1.29, 1.82) is 0 Å². The van der Waals surface area contributed by atoms with E-state index in [1.165, 1.54) is 44.3 Å². The second kappa shape index (κ2) is 3.50. The number of hydrogen-bond donors (Lipinski definition) is 2. The third kappa shape index (κ3) is 1.17. The van der Waals surface area contributed by atoms with Crippen LogP contribution in [-0.4, -0.2) is 4.98 Å². The Morgan fingerprint density at radius 1 is 0.700 bits per heavy atom. The molecule has 3 aromatic carbocycles. The van der Waals surface area contributed by atoms with Gasteiger partial charge in [0.2, 0.25) is 0 Å². The normalized spacial score (nSPS) is 12.8. The lowest BCUT2D eigenvalue weighted by Gasteiger charge is -1.97. The van der Waals surface area contributed by atoms with Crippen molar-refractivity contribution in [2.45, 2.75) is 0 Å². The Morgan fingerprint density at radius 2 is 1.55 bits per heavy atom. The Hall–Kier alpha value is -2.58. The minimum Gasteiger partial charge on any atom is -0.350 e. The van der Waals surface area contributed by atoms with E-state index in [-0.39, 0.29) is 0 Å². The number of fused-ring (bicyclic) bond motifs is 7. The smallest absolute Gasteiger partial charge is 0.167 e. The number of nitrogens with one attached hydrogen (secondary N) is 1. The molecule has 3 N–H and O–H groups in total. The van der Waals surface area contributed by atoms with Crippen molar-refractivity contribution >= 4 is 33.2 Å². The fourth-order valence-corrected chi connectivity index (χ4v) is 3.35. The van der Waals surface area contributed by atoms with E-state index in [0.29, 0.717) is 0 Å². The zero-order valence-electron chi connectivity index (χ0n) is 10.9. The predicted octanol–water partition coefficient (Wildman–Crippen LogP) is 3.83. The fourth-order valence-electron chi connectivity index (χ4n) is 3.35. The third-order valence-corrected chi connectivity index (χ3v) is 4.27. The van der Waals surface area contributed by atoms with Crippen LogP contribution in [0, 0.1) is 0 Å². The molecule has 20 heavy (non-hydrogen) atoms. The molecule has 0 radical (unpaired) electrons. The number of benzene rings is 3. The fraction of sp³-hybridized carbons (Fsp3) is 0. The van der Waals surface area contributed by atoms with Crippen molar-refractivity contribution in [2.75, 3.05) is 0 Å². The van der Waals surface area contributed by atoms with Crippen molar-refractivity contribution in [3.05, 3.63) is 60.7 Å². The number of aromatic amines is 1. The van der Waals surface area contributed by atoms with Crippen molar-refractivity contribution in [1.82, 2.24) is 4.98 Å². The van der Waals surface area contributed by atoms with Gasteiger partial charge in [0.1, 0.15) is 11.2 Å². The predicted molar refractivity (Wildman–Crippen MR) is 82.5 cm³/mol. The van der Waals surface area contributed by atoms with Gasteiger partial charge < -0.3 is 4.98 Å². The lowest BCUT2D eigenvalue weighted by molar-refractivity contribution is -0.471. The maximum Gasteiger partial charge on any atom is 0.167 e. The van der Waals surface area contributed by atoms with Gasteiger partial charge >= 0.3 is 0 Å². The van der Waals surface area contributed by atoms with Crippen LogP contribution < -0.4 is 5.32 Å². The van der Waals surface area contributed by atoms with Crippen LogP contribution in [0.3, 0.4) is 0 Å². The quantitative estimate of drug-likeness (QED) is 0.395. The van der Waals surface area contributed by atoms with Gasteiger partial charge in [-0.1, -0.05) is 36.4 Å². The number of para-hydroxylation sites is 2. The molecule has 4 aromatic rings. The van der Waals surface area contributed by atoms with Gasteiger partial charge in [0.15, 0.2) is 5.69 Å². The lowest BCUT2D eigenvalue weighted by Crippen LogP contribution is -2.69. The van der Waals surface area contributed by atoms with Crippen molar-refractivity contribution in [3.8, 4) is 11.1 Å². The van der Waals surface area contributed by atoms with E-state index in [1.54, 1.807) is 0 Å².